The lowest BCUT2D eigenvalue weighted by Crippen LogP contribution is -2.58. The van der Waals surface area contributed by atoms with Gasteiger partial charge in [-0.3, -0.25) is 19.8 Å². The summed E-state index contributed by atoms with van der Waals surface area (Å²) in [7, 11) is 0. The van der Waals surface area contributed by atoms with Crippen LogP contribution in [-0.2, 0) is 22.6 Å². The van der Waals surface area contributed by atoms with Crippen molar-refractivity contribution in [2.45, 2.75) is 32.7 Å². The molecule has 0 radical (unpaired) electrons. The summed E-state index contributed by atoms with van der Waals surface area (Å²) in [6.45, 7) is 1.88. The number of barbiturate groups is 1. The third-order valence-corrected chi connectivity index (χ3v) is 3.55. The van der Waals surface area contributed by atoms with Gasteiger partial charge in [0.1, 0.15) is 17.7 Å². The van der Waals surface area contributed by atoms with Crippen molar-refractivity contribution in [2.75, 3.05) is 0 Å². The summed E-state index contributed by atoms with van der Waals surface area (Å²) in [6.07, 6.45) is 3.25. The number of oxazole rings is 1. The molecule has 0 bridgehead atoms. The highest BCUT2D eigenvalue weighted by atomic mass is 16.4. The lowest BCUT2D eigenvalue weighted by atomic mass is 10.0. The number of aryl methyl sites for hydroxylation is 1. The molecule has 1 N–H and O–H groups in total. The number of nitrogens with one attached hydrogen (secondary N) is 1. The number of carbonyl (C=O) groups excluding carboxylic acids is 3. The molecule has 19 heavy (non-hydrogen) atoms. The standard InChI is InChI=1S/C12H13N3O4/c1-2-7-5-13-8(19-7)6-15-10(17)12(3-4-12)9(16)14-11(15)18/h5H,2-4,6H2,1H3,(H,14,16,18). The summed E-state index contributed by atoms with van der Waals surface area (Å²) < 4.78 is 5.38. The predicted molar refractivity (Wildman–Crippen MR) is 61.6 cm³/mol. The summed E-state index contributed by atoms with van der Waals surface area (Å²) in [5.41, 5.74) is -1.02. The smallest absolute Gasteiger partial charge is 0.331 e. The van der Waals surface area contributed by atoms with E-state index in [1.54, 1.807) is 6.20 Å². The van der Waals surface area contributed by atoms with Gasteiger partial charge in [-0.1, -0.05) is 6.92 Å². The van der Waals surface area contributed by atoms with E-state index in [-0.39, 0.29) is 6.54 Å². The molecule has 2 fully saturated rings. The molecular formula is C12H13N3O4. The van der Waals surface area contributed by atoms with Gasteiger partial charge >= 0.3 is 6.03 Å². The van der Waals surface area contributed by atoms with Crippen molar-refractivity contribution in [3.05, 3.63) is 17.8 Å². The van der Waals surface area contributed by atoms with Crippen molar-refractivity contribution >= 4 is 17.8 Å². The van der Waals surface area contributed by atoms with Crippen molar-refractivity contribution in [2.24, 2.45) is 5.41 Å². The minimum absolute atomic E-state index is 0.0420. The van der Waals surface area contributed by atoms with Crippen molar-refractivity contribution in [3.63, 3.8) is 0 Å². The van der Waals surface area contributed by atoms with Gasteiger partial charge in [0.2, 0.25) is 17.7 Å². The first-order valence-electron chi connectivity index (χ1n) is 6.18. The van der Waals surface area contributed by atoms with Crippen LogP contribution >= 0.6 is 0 Å². The van der Waals surface area contributed by atoms with E-state index in [0.717, 1.165) is 4.90 Å². The second-order valence-corrected chi connectivity index (χ2v) is 4.81. The molecule has 0 atom stereocenters. The number of rotatable bonds is 3. The Morgan fingerprint density at radius 2 is 2.16 bits per heavy atom. The zero-order chi connectivity index (χ0) is 13.6. The molecule has 1 aromatic rings. The van der Waals surface area contributed by atoms with Crippen LogP contribution in [0.5, 0.6) is 0 Å². The van der Waals surface area contributed by atoms with Crippen LogP contribution in [0, 0.1) is 5.41 Å². The first kappa shape index (κ1) is 11.9. The van der Waals surface area contributed by atoms with Gasteiger partial charge in [-0.2, -0.15) is 0 Å². The summed E-state index contributed by atoms with van der Waals surface area (Å²) in [5, 5.41) is 2.21. The fraction of sp³-hybridized carbons (Fsp3) is 0.500. The number of amides is 4. The first-order chi connectivity index (χ1) is 9.06. The Balaban J connectivity index is 1.81. The molecule has 0 aromatic carbocycles. The minimum atomic E-state index is -1.02. The predicted octanol–water partition coefficient (Wildman–Crippen LogP) is 0.596. The van der Waals surface area contributed by atoms with Crippen molar-refractivity contribution < 1.29 is 18.8 Å². The zero-order valence-electron chi connectivity index (χ0n) is 10.4. The van der Waals surface area contributed by atoms with Gasteiger partial charge in [0.25, 0.3) is 0 Å². The van der Waals surface area contributed by atoms with Gasteiger partial charge in [0, 0.05) is 6.42 Å². The third kappa shape index (κ3) is 1.73. The van der Waals surface area contributed by atoms with Gasteiger partial charge in [0.05, 0.1) is 6.20 Å². The Labute approximate surface area is 109 Å². The molecule has 1 aliphatic carbocycles. The summed E-state index contributed by atoms with van der Waals surface area (Å²) in [4.78, 5) is 40.5. The fourth-order valence-corrected chi connectivity index (χ4v) is 2.16. The third-order valence-electron chi connectivity index (χ3n) is 3.55. The summed E-state index contributed by atoms with van der Waals surface area (Å²) >= 11 is 0. The number of imide groups is 2. The number of nitrogens with zero attached hydrogens (tertiary/aromatic N) is 2. The minimum Gasteiger partial charge on any atom is -0.444 e. The molecule has 1 aromatic heterocycles. The van der Waals surface area contributed by atoms with Crippen LogP contribution in [0.4, 0.5) is 4.79 Å². The molecule has 7 nitrogen and oxygen atoms in total. The van der Waals surface area contributed by atoms with Crippen LogP contribution in [0.25, 0.3) is 0 Å². The average molecular weight is 263 g/mol. The Hall–Kier alpha value is -2.18. The average Bonchev–Trinajstić information content (AvgIpc) is 3.07. The molecule has 0 unspecified atom stereocenters. The van der Waals surface area contributed by atoms with Crippen LogP contribution in [0.1, 0.15) is 31.4 Å². The lowest BCUT2D eigenvalue weighted by Gasteiger charge is -2.29. The highest BCUT2D eigenvalue weighted by molar-refractivity contribution is 6.20. The van der Waals surface area contributed by atoms with Crippen LogP contribution in [-0.4, -0.2) is 27.7 Å². The van der Waals surface area contributed by atoms with E-state index in [2.05, 4.69) is 10.3 Å². The highest BCUT2D eigenvalue weighted by Crippen LogP contribution is 2.49. The molecule has 1 saturated carbocycles. The number of urea groups is 1. The molecule has 3 rings (SSSR count). The van der Waals surface area contributed by atoms with E-state index in [9.17, 15) is 14.4 Å². The van der Waals surface area contributed by atoms with E-state index < -0.39 is 23.3 Å². The van der Waals surface area contributed by atoms with Gasteiger partial charge in [-0.05, 0) is 12.8 Å². The summed E-state index contributed by atoms with van der Waals surface area (Å²) in [6, 6.07) is -0.705. The van der Waals surface area contributed by atoms with E-state index in [1.165, 1.54) is 0 Å². The van der Waals surface area contributed by atoms with Crippen molar-refractivity contribution in [1.29, 1.82) is 0 Å². The van der Waals surface area contributed by atoms with Crippen LogP contribution in [0.2, 0.25) is 0 Å². The number of hydrogen-bond donors (Lipinski definition) is 1. The maximum Gasteiger partial charge on any atom is 0.331 e. The van der Waals surface area contributed by atoms with Crippen LogP contribution in [0.15, 0.2) is 10.6 Å². The zero-order valence-corrected chi connectivity index (χ0v) is 10.4. The van der Waals surface area contributed by atoms with E-state index in [4.69, 9.17) is 4.42 Å². The molecule has 1 spiro atoms. The Bertz CT molecular complexity index is 573. The second kappa shape index (κ2) is 3.91. The van der Waals surface area contributed by atoms with Gasteiger partial charge < -0.3 is 4.42 Å². The maximum absolute atomic E-state index is 12.2. The molecule has 2 aliphatic rings. The van der Waals surface area contributed by atoms with Crippen LogP contribution in [0.3, 0.4) is 0 Å². The lowest BCUT2D eigenvalue weighted by molar-refractivity contribution is -0.145. The highest BCUT2D eigenvalue weighted by Gasteiger charge is 2.62. The molecule has 1 aliphatic heterocycles. The summed E-state index contributed by atoms with van der Waals surface area (Å²) in [5.74, 6) is 0.0560. The molecule has 7 heteroatoms. The van der Waals surface area contributed by atoms with Gasteiger partial charge in [-0.15, -0.1) is 0 Å². The molecule has 1 saturated heterocycles. The molecule has 4 amide bonds. The normalized spacial score (nSPS) is 20.9. The fourth-order valence-electron chi connectivity index (χ4n) is 2.16. The number of hydrogen-bond acceptors (Lipinski definition) is 5. The Kier molecular flexibility index (Phi) is 2.44. The molecule has 100 valence electrons. The topological polar surface area (TPSA) is 92.5 Å². The van der Waals surface area contributed by atoms with Crippen molar-refractivity contribution in [1.82, 2.24) is 15.2 Å². The van der Waals surface area contributed by atoms with E-state index >= 15 is 0 Å². The monoisotopic (exact) mass is 263 g/mol. The van der Waals surface area contributed by atoms with Gasteiger partial charge in [0.15, 0.2) is 0 Å². The van der Waals surface area contributed by atoms with E-state index in [1.807, 2.05) is 6.92 Å². The quantitative estimate of drug-likeness (QED) is 0.806. The first-order valence-corrected chi connectivity index (χ1v) is 6.18. The number of aromatic nitrogens is 1. The Morgan fingerprint density at radius 3 is 2.74 bits per heavy atom. The molecule has 2 heterocycles. The Morgan fingerprint density at radius 1 is 1.42 bits per heavy atom. The molecular weight excluding hydrogens is 250 g/mol. The van der Waals surface area contributed by atoms with Gasteiger partial charge in [-0.25, -0.2) is 9.78 Å². The largest absolute Gasteiger partial charge is 0.444 e. The SMILES string of the molecule is CCc1cnc(CN2C(=O)NC(=O)C3(CC3)C2=O)o1. The number of carbonyl (C=O) groups is 3. The second-order valence-electron chi connectivity index (χ2n) is 4.81. The maximum atomic E-state index is 12.2. The van der Waals surface area contributed by atoms with Crippen LogP contribution < -0.4 is 5.32 Å². The van der Waals surface area contributed by atoms with E-state index in [0.29, 0.717) is 30.9 Å². The van der Waals surface area contributed by atoms with Crippen molar-refractivity contribution in [3.8, 4) is 0 Å².